The predicted octanol–water partition coefficient (Wildman–Crippen LogP) is 12.2. The maximum atomic E-state index is 6.43. The molecule has 11 rings (SSSR count). The molecular weight excluding hydrogens is 659 g/mol. The normalized spacial score (nSPS) is 13.1. The Kier molecular flexibility index (Phi) is 6.73. The molecule has 0 radical (unpaired) electrons. The van der Waals surface area contributed by atoms with E-state index in [1.807, 2.05) is 54.6 Å². The predicted molar refractivity (Wildman–Crippen MR) is 216 cm³/mol. The van der Waals surface area contributed by atoms with Crippen molar-refractivity contribution in [1.29, 1.82) is 0 Å². The first-order valence-electron chi connectivity index (χ1n) is 18.3. The van der Waals surface area contributed by atoms with Crippen molar-refractivity contribution in [3.8, 4) is 67.9 Å². The van der Waals surface area contributed by atoms with E-state index < -0.39 is 5.41 Å². The zero-order chi connectivity index (χ0) is 35.6. The van der Waals surface area contributed by atoms with E-state index in [2.05, 4.69) is 133 Å². The highest BCUT2D eigenvalue weighted by Crippen LogP contribution is 2.56. The number of fused-ring (bicyclic) bond motifs is 5. The molecule has 9 aromatic rings. The third kappa shape index (κ3) is 4.53. The Morgan fingerprint density at radius 2 is 0.889 bits per heavy atom. The summed E-state index contributed by atoms with van der Waals surface area (Å²) in [4.78, 5) is 15.4. The molecule has 0 N–H and O–H groups in total. The molecule has 54 heavy (non-hydrogen) atoms. The van der Waals surface area contributed by atoms with Crippen LogP contribution in [0.5, 0.6) is 11.5 Å². The molecule has 2 aliphatic rings. The van der Waals surface area contributed by atoms with Crippen LogP contribution in [0.4, 0.5) is 0 Å². The summed E-state index contributed by atoms with van der Waals surface area (Å²) in [6.45, 7) is 0. The van der Waals surface area contributed by atoms with Crippen molar-refractivity contribution in [3.05, 3.63) is 210 Å². The minimum Gasteiger partial charge on any atom is -0.456 e. The summed E-state index contributed by atoms with van der Waals surface area (Å²) >= 11 is 0. The molecular formula is C50H31N3O. The van der Waals surface area contributed by atoms with E-state index in [0.29, 0.717) is 17.5 Å². The van der Waals surface area contributed by atoms with Crippen LogP contribution in [0.15, 0.2) is 188 Å². The third-order valence-corrected chi connectivity index (χ3v) is 11.0. The summed E-state index contributed by atoms with van der Waals surface area (Å²) < 4.78 is 6.43. The van der Waals surface area contributed by atoms with Gasteiger partial charge < -0.3 is 4.74 Å². The Morgan fingerprint density at radius 3 is 1.59 bits per heavy atom. The first-order valence-corrected chi connectivity index (χ1v) is 18.3. The Bertz CT molecular complexity index is 2860. The molecule has 4 nitrogen and oxygen atoms in total. The number of benzene rings is 8. The molecule has 0 saturated carbocycles. The topological polar surface area (TPSA) is 47.9 Å². The van der Waals surface area contributed by atoms with Crippen molar-refractivity contribution in [3.63, 3.8) is 0 Å². The Hall–Kier alpha value is -7.17. The fourth-order valence-electron chi connectivity index (χ4n) is 8.64. The second-order valence-electron chi connectivity index (χ2n) is 13.9. The lowest BCUT2D eigenvalue weighted by Gasteiger charge is -2.33. The molecule has 1 aliphatic heterocycles. The number of ether oxygens (including phenoxy) is 1. The maximum absolute atomic E-state index is 6.43. The van der Waals surface area contributed by atoms with E-state index in [-0.39, 0.29) is 0 Å². The molecule has 0 saturated heterocycles. The molecule has 252 valence electrons. The standard InChI is InChI=1S/C50H31N3O/c1-4-14-33(15-5-1)47-51-48(53-49(52-47)35-27-29-44-41(31-35)39-23-12-16-32-17-13-25-45(54-44)46(32)39)34-26-28-43-40(30-34)38-22-10-11-24-42(38)50(43,36-18-6-2-7-19-36)37-20-8-3-9-21-37/h1-31H. The van der Waals surface area contributed by atoms with Gasteiger partial charge in [-0.25, -0.2) is 15.0 Å². The van der Waals surface area contributed by atoms with Gasteiger partial charge in [0.05, 0.1) is 5.41 Å². The lowest BCUT2D eigenvalue weighted by molar-refractivity contribution is 0.487. The third-order valence-electron chi connectivity index (χ3n) is 11.0. The first kappa shape index (κ1) is 30.5. The zero-order valence-electron chi connectivity index (χ0n) is 29.1. The van der Waals surface area contributed by atoms with Gasteiger partial charge in [-0.1, -0.05) is 158 Å². The quantitative estimate of drug-likeness (QED) is 0.180. The highest BCUT2D eigenvalue weighted by atomic mass is 16.5. The average molecular weight is 690 g/mol. The van der Waals surface area contributed by atoms with Crippen molar-refractivity contribution >= 4 is 10.8 Å². The number of rotatable bonds is 5. The Labute approximate surface area is 313 Å². The van der Waals surface area contributed by atoms with Crippen LogP contribution >= 0.6 is 0 Å². The lowest BCUT2D eigenvalue weighted by atomic mass is 9.67. The molecule has 1 aliphatic carbocycles. The number of hydrogen-bond acceptors (Lipinski definition) is 4. The summed E-state index contributed by atoms with van der Waals surface area (Å²) in [5.41, 5.74) is 11.8. The van der Waals surface area contributed by atoms with Crippen LogP contribution in [0.2, 0.25) is 0 Å². The van der Waals surface area contributed by atoms with Gasteiger partial charge in [0.1, 0.15) is 11.5 Å². The first-order chi connectivity index (χ1) is 26.8. The molecule has 0 spiro atoms. The van der Waals surface area contributed by atoms with Crippen LogP contribution in [-0.4, -0.2) is 15.0 Å². The summed E-state index contributed by atoms with van der Waals surface area (Å²) in [6.07, 6.45) is 0. The zero-order valence-corrected chi connectivity index (χ0v) is 29.1. The monoisotopic (exact) mass is 689 g/mol. The summed E-state index contributed by atoms with van der Waals surface area (Å²) in [6, 6.07) is 66.3. The Morgan fingerprint density at radius 1 is 0.352 bits per heavy atom. The van der Waals surface area contributed by atoms with Gasteiger partial charge in [0, 0.05) is 27.6 Å². The van der Waals surface area contributed by atoms with Crippen LogP contribution < -0.4 is 4.74 Å². The van der Waals surface area contributed by atoms with Gasteiger partial charge >= 0.3 is 0 Å². The van der Waals surface area contributed by atoms with Crippen LogP contribution in [0.25, 0.3) is 67.2 Å². The van der Waals surface area contributed by atoms with Gasteiger partial charge in [0.25, 0.3) is 0 Å². The second kappa shape index (κ2) is 11.9. The summed E-state index contributed by atoms with van der Waals surface area (Å²) in [5.74, 6) is 3.55. The van der Waals surface area contributed by atoms with Gasteiger partial charge in [-0.15, -0.1) is 0 Å². The second-order valence-corrected chi connectivity index (χ2v) is 13.9. The minimum absolute atomic E-state index is 0.473. The molecule has 8 aromatic carbocycles. The molecule has 0 atom stereocenters. The SMILES string of the molecule is c1ccc(-c2nc(-c3ccc4c(c3)-c3cccc5cccc(c35)O4)nc(-c3ccc4c(c3)-c3ccccc3C4(c3ccccc3)c3ccccc3)n2)cc1. The number of hydrogen-bond donors (Lipinski definition) is 0. The maximum Gasteiger partial charge on any atom is 0.164 e. The summed E-state index contributed by atoms with van der Waals surface area (Å²) in [5, 5.41) is 2.27. The van der Waals surface area contributed by atoms with Crippen molar-refractivity contribution in [1.82, 2.24) is 15.0 Å². The van der Waals surface area contributed by atoms with Gasteiger partial charge in [-0.2, -0.15) is 0 Å². The van der Waals surface area contributed by atoms with E-state index in [4.69, 9.17) is 19.7 Å². The van der Waals surface area contributed by atoms with E-state index in [1.165, 1.54) is 33.4 Å². The van der Waals surface area contributed by atoms with E-state index >= 15 is 0 Å². The van der Waals surface area contributed by atoms with Crippen molar-refractivity contribution < 1.29 is 4.74 Å². The molecule has 0 unspecified atom stereocenters. The van der Waals surface area contributed by atoms with Crippen molar-refractivity contribution in [2.24, 2.45) is 0 Å². The van der Waals surface area contributed by atoms with Gasteiger partial charge in [0.2, 0.25) is 0 Å². The molecule has 0 bridgehead atoms. The van der Waals surface area contributed by atoms with Crippen molar-refractivity contribution in [2.45, 2.75) is 5.41 Å². The molecule has 2 heterocycles. The fraction of sp³-hybridized carbons (Fsp3) is 0.0200. The largest absolute Gasteiger partial charge is 0.456 e. The molecule has 0 fully saturated rings. The van der Waals surface area contributed by atoms with Gasteiger partial charge in [0.15, 0.2) is 17.5 Å². The fourth-order valence-corrected chi connectivity index (χ4v) is 8.64. The van der Waals surface area contributed by atoms with E-state index in [1.54, 1.807) is 0 Å². The lowest BCUT2D eigenvalue weighted by Crippen LogP contribution is -2.28. The van der Waals surface area contributed by atoms with Crippen LogP contribution in [-0.2, 0) is 5.41 Å². The van der Waals surface area contributed by atoms with Crippen LogP contribution in [0.3, 0.4) is 0 Å². The van der Waals surface area contributed by atoms with Crippen LogP contribution in [0.1, 0.15) is 22.3 Å². The van der Waals surface area contributed by atoms with Gasteiger partial charge in [-0.05, 0) is 74.7 Å². The molecule has 1 aromatic heterocycles. The van der Waals surface area contributed by atoms with Crippen LogP contribution in [0, 0.1) is 0 Å². The van der Waals surface area contributed by atoms with Crippen molar-refractivity contribution in [2.75, 3.05) is 0 Å². The smallest absolute Gasteiger partial charge is 0.164 e. The van der Waals surface area contributed by atoms with E-state index in [0.717, 1.165) is 50.1 Å². The highest BCUT2D eigenvalue weighted by molar-refractivity contribution is 6.04. The molecule has 4 heteroatoms. The minimum atomic E-state index is -0.473. The molecule has 0 amide bonds. The van der Waals surface area contributed by atoms with Gasteiger partial charge in [-0.3, -0.25) is 0 Å². The average Bonchev–Trinajstić information content (AvgIpc) is 3.55. The number of nitrogens with zero attached hydrogens (tertiary/aromatic N) is 3. The van der Waals surface area contributed by atoms with E-state index in [9.17, 15) is 0 Å². The summed E-state index contributed by atoms with van der Waals surface area (Å²) in [7, 11) is 0. The Balaban J connectivity index is 1.11. The highest BCUT2D eigenvalue weighted by Gasteiger charge is 2.46. The number of aromatic nitrogens is 3.